The third kappa shape index (κ3) is 5.59. The Balaban J connectivity index is 0.000000167. The quantitative estimate of drug-likeness (QED) is 0.523. The van der Waals surface area contributed by atoms with Crippen LogP contribution < -0.4 is 0 Å². The molecule has 2 rings (SSSR count). The Kier molecular flexibility index (Phi) is 6.71. The Morgan fingerprint density at radius 2 is 0.818 bits per heavy atom. The van der Waals surface area contributed by atoms with Gasteiger partial charge in [-0.15, -0.1) is 0 Å². The summed E-state index contributed by atoms with van der Waals surface area (Å²) in [6.45, 7) is 0. The summed E-state index contributed by atoms with van der Waals surface area (Å²) in [6, 6.07) is 7.78. The van der Waals surface area contributed by atoms with Crippen molar-refractivity contribution in [3.05, 3.63) is 49.1 Å². The van der Waals surface area contributed by atoms with E-state index in [1.807, 2.05) is 49.1 Å². The molecule has 0 spiro atoms. The maximum absolute atomic E-state index is 2.86. The zero-order valence-electron chi connectivity index (χ0n) is 6.62. The molecule has 2 aromatic heterocycles. The summed E-state index contributed by atoms with van der Waals surface area (Å²) in [5.74, 6) is 0. The standard InChI is InChI=1S/2C4H5N.Li/c2*1-2-4-5-3-1;/h2*1-5H;. The van der Waals surface area contributed by atoms with Crippen molar-refractivity contribution in [2.75, 3.05) is 0 Å². The van der Waals surface area contributed by atoms with Gasteiger partial charge < -0.3 is 9.97 Å². The smallest absolute Gasteiger partial charge is 0.000496 e. The van der Waals surface area contributed by atoms with Gasteiger partial charge in [0, 0.05) is 43.6 Å². The van der Waals surface area contributed by atoms with Crippen LogP contribution in [0.5, 0.6) is 0 Å². The molecule has 0 aliphatic carbocycles. The summed E-state index contributed by atoms with van der Waals surface area (Å²) < 4.78 is 0. The van der Waals surface area contributed by atoms with E-state index in [1.165, 1.54) is 0 Å². The predicted octanol–water partition coefficient (Wildman–Crippen LogP) is 1.65. The summed E-state index contributed by atoms with van der Waals surface area (Å²) in [7, 11) is 0. The van der Waals surface area contributed by atoms with E-state index in [-0.39, 0.29) is 18.9 Å². The van der Waals surface area contributed by atoms with Crippen molar-refractivity contribution in [2.24, 2.45) is 0 Å². The van der Waals surface area contributed by atoms with Gasteiger partial charge in [0.1, 0.15) is 0 Å². The van der Waals surface area contributed by atoms with Gasteiger partial charge in [0.05, 0.1) is 0 Å². The van der Waals surface area contributed by atoms with Gasteiger partial charge in [-0.2, -0.15) is 0 Å². The number of nitrogens with one attached hydrogen (secondary N) is 2. The number of hydrogen-bond acceptors (Lipinski definition) is 0. The molecule has 0 aliphatic rings. The van der Waals surface area contributed by atoms with Crippen LogP contribution in [-0.4, -0.2) is 28.8 Å². The van der Waals surface area contributed by atoms with Gasteiger partial charge >= 0.3 is 0 Å². The van der Waals surface area contributed by atoms with Gasteiger partial charge in [0.15, 0.2) is 0 Å². The van der Waals surface area contributed by atoms with E-state index in [1.54, 1.807) is 0 Å². The van der Waals surface area contributed by atoms with E-state index in [0.717, 1.165) is 0 Å². The molecular formula is C8H10LiN2. The molecule has 0 aromatic carbocycles. The van der Waals surface area contributed by atoms with Crippen molar-refractivity contribution < 1.29 is 0 Å². The number of H-pyrrole nitrogens is 2. The predicted molar refractivity (Wildman–Crippen MR) is 47.3 cm³/mol. The molecule has 0 saturated carbocycles. The van der Waals surface area contributed by atoms with Crippen molar-refractivity contribution in [3.63, 3.8) is 0 Å². The van der Waals surface area contributed by atoms with Gasteiger partial charge in [-0.3, -0.25) is 0 Å². The van der Waals surface area contributed by atoms with Crippen LogP contribution in [0, 0.1) is 0 Å². The number of rotatable bonds is 0. The van der Waals surface area contributed by atoms with Crippen molar-refractivity contribution in [1.29, 1.82) is 0 Å². The van der Waals surface area contributed by atoms with Crippen LogP contribution in [0.25, 0.3) is 0 Å². The molecular weight excluding hydrogens is 131 g/mol. The molecule has 2 aromatic rings. The normalized spacial score (nSPS) is 7.27. The molecule has 1 radical (unpaired) electrons. The van der Waals surface area contributed by atoms with Crippen LogP contribution in [0.15, 0.2) is 49.1 Å². The maximum atomic E-state index is 2.86. The van der Waals surface area contributed by atoms with Crippen molar-refractivity contribution in [3.8, 4) is 0 Å². The van der Waals surface area contributed by atoms with Crippen molar-refractivity contribution in [1.82, 2.24) is 9.97 Å². The van der Waals surface area contributed by atoms with E-state index in [2.05, 4.69) is 9.97 Å². The molecule has 0 fully saturated rings. The third-order valence-corrected chi connectivity index (χ3v) is 0.992. The van der Waals surface area contributed by atoms with Crippen LogP contribution in [0.4, 0.5) is 0 Å². The number of aromatic amines is 2. The molecule has 0 amide bonds. The van der Waals surface area contributed by atoms with Crippen LogP contribution in [-0.2, 0) is 0 Å². The first-order valence-electron chi connectivity index (χ1n) is 3.15. The first-order valence-corrected chi connectivity index (χ1v) is 3.15. The molecule has 0 aliphatic heterocycles. The Hall–Kier alpha value is -0.843. The van der Waals surface area contributed by atoms with Crippen LogP contribution in [0.1, 0.15) is 0 Å². The summed E-state index contributed by atoms with van der Waals surface area (Å²) in [5, 5.41) is 0. The molecule has 0 saturated heterocycles. The Labute approximate surface area is 78.2 Å². The molecule has 2 nitrogen and oxygen atoms in total. The summed E-state index contributed by atoms with van der Waals surface area (Å²) in [5.41, 5.74) is 0. The van der Waals surface area contributed by atoms with Crippen LogP contribution >= 0.6 is 0 Å². The summed E-state index contributed by atoms with van der Waals surface area (Å²) in [4.78, 5) is 5.72. The first kappa shape index (κ1) is 10.2. The van der Waals surface area contributed by atoms with E-state index in [4.69, 9.17) is 0 Å². The molecule has 0 bridgehead atoms. The van der Waals surface area contributed by atoms with Crippen molar-refractivity contribution in [2.45, 2.75) is 0 Å². The molecule has 0 unspecified atom stereocenters. The summed E-state index contributed by atoms with van der Waals surface area (Å²) >= 11 is 0. The second-order valence-electron chi connectivity index (χ2n) is 1.77. The molecule has 0 atom stereocenters. The Bertz CT molecular complexity index is 151. The number of aromatic nitrogens is 2. The summed E-state index contributed by atoms with van der Waals surface area (Å²) in [6.07, 6.45) is 7.50. The second-order valence-corrected chi connectivity index (χ2v) is 1.77. The molecule has 3 heteroatoms. The SMILES string of the molecule is [Li].c1cc[nH]c1.c1cc[nH]c1. The third-order valence-electron chi connectivity index (χ3n) is 0.992. The molecule has 2 N–H and O–H groups in total. The van der Waals surface area contributed by atoms with Crippen molar-refractivity contribution >= 4 is 18.9 Å². The Morgan fingerprint density at radius 3 is 0.909 bits per heavy atom. The minimum Gasteiger partial charge on any atom is -0.368 e. The monoisotopic (exact) mass is 141 g/mol. The fraction of sp³-hybridized carbons (Fsp3) is 0. The average molecular weight is 141 g/mol. The molecule has 53 valence electrons. The topological polar surface area (TPSA) is 31.6 Å². The van der Waals surface area contributed by atoms with Gasteiger partial charge in [-0.05, 0) is 24.3 Å². The van der Waals surface area contributed by atoms with E-state index in [9.17, 15) is 0 Å². The van der Waals surface area contributed by atoms with E-state index in [0.29, 0.717) is 0 Å². The fourth-order valence-corrected chi connectivity index (χ4v) is 0.556. The second kappa shape index (κ2) is 7.27. The van der Waals surface area contributed by atoms with Crippen LogP contribution in [0.3, 0.4) is 0 Å². The molecule has 2 heterocycles. The number of hydrogen-bond donors (Lipinski definition) is 2. The minimum atomic E-state index is 0. The maximum Gasteiger partial charge on any atom is 0.000496 e. The zero-order valence-corrected chi connectivity index (χ0v) is 6.62. The van der Waals surface area contributed by atoms with E-state index >= 15 is 0 Å². The minimum absolute atomic E-state index is 0. The van der Waals surface area contributed by atoms with Gasteiger partial charge in [-0.1, -0.05) is 0 Å². The van der Waals surface area contributed by atoms with E-state index < -0.39 is 0 Å². The fourth-order valence-electron chi connectivity index (χ4n) is 0.556. The van der Waals surface area contributed by atoms with Gasteiger partial charge in [0.25, 0.3) is 0 Å². The van der Waals surface area contributed by atoms with Gasteiger partial charge in [0.2, 0.25) is 0 Å². The Morgan fingerprint density at radius 1 is 0.545 bits per heavy atom. The first-order chi connectivity index (χ1) is 5.00. The largest absolute Gasteiger partial charge is 0.368 e. The van der Waals surface area contributed by atoms with Crippen LogP contribution in [0.2, 0.25) is 0 Å². The van der Waals surface area contributed by atoms with Gasteiger partial charge in [-0.25, -0.2) is 0 Å². The zero-order chi connectivity index (χ0) is 7.07. The molecule has 11 heavy (non-hydrogen) atoms. The average Bonchev–Trinajstić information content (AvgIpc) is 2.67.